The Bertz CT molecular complexity index is 1690. The molecule has 2 aromatic carbocycles. The van der Waals surface area contributed by atoms with Gasteiger partial charge in [-0.15, -0.1) is 0 Å². The molecular weight excluding hydrogens is 629 g/mol. The number of piperidine rings is 2. The molecule has 0 aromatic heterocycles. The topological polar surface area (TPSA) is 136 Å². The summed E-state index contributed by atoms with van der Waals surface area (Å²) in [5, 5.41) is 19.4. The molecule has 48 heavy (non-hydrogen) atoms. The maximum Gasteiger partial charge on any atom is 0.326 e. The van der Waals surface area contributed by atoms with Gasteiger partial charge < -0.3 is 30.3 Å². The van der Waals surface area contributed by atoms with Gasteiger partial charge >= 0.3 is 6.03 Å². The Balaban J connectivity index is 1.16. The quantitative estimate of drug-likeness (QED) is 0.252. The number of thioether (sulfide) groups is 1. The van der Waals surface area contributed by atoms with Gasteiger partial charge in [-0.25, -0.2) is 4.79 Å². The number of anilines is 1. The molecule has 4 aliphatic heterocycles. The monoisotopic (exact) mass is 670 g/mol. The van der Waals surface area contributed by atoms with E-state index in [1.807, 2.05) is 87.2 Å². The van der Waals surface area contributed by atoms with Crippen LogP contribution in [0.1, 0.15) is 45.6 Å². The fourth-order valence-electron chi connectivity index (χ4n) is 7.09. The molecule has 4 atom stereocenters. The highest BCUT2D eigenvalue weighted by molar-refractivity contribution is 8.04. The molecule has 12 heteroatoms. The van der Waals surface area contributed by atoms with E-state index in [-0.39, 0.29) is 46.8 Å². The first kappa shape index (κ1) is 33.6. The number of benzene rings is 2. The average molecular weight is 671 g/mol. The number of rotatable bonds is 9. The molecule has 4 heterocycles. The Kier molecular flexibility index (Phi) is 9.83. The largest absolute Gasteiger partial charge is 0.457 e. The number of aryl methyl sites for hydroxylation is 1. The van der Waals surface area contributed by atoms with Crippen molar-refractivity contribution >= 4 is 35.3 Å². The number of carbonyl (C=O) groups excluding carboxylic acids is 3. The van der Waals surface area contributed by atoms with E-state index in [0.717, 1.165) is 23.4 Å². The number of urea groups is 1. The number of carbonyl (C=O) groups is 3. The fraction of sp³-hybridized carbons (Fsp3) is 0.444. The standard InChI is InChI=1S/C36H42N6O5S/c1-5-46-36(3,4)19-23(20-37)34(44)41-17-9-10-24(21-41)39-32(43)31-30-29-28(15-16-38-33(29)48-31)42(35(45)40-30)27-14-13-26(18-22(27)2)47-25-11-7-6-8-12-25/h6-8,11-14,18-19,24,28-29,33,38H,5,9-10,15-17,21H2,1-4H3,(H,39,43)(H,40,45)/b23-19+/t24-,28?,29?,33?/m1/s1. The lowest BCUT2D eigenvalue weighted by atomic mass is 9.86. The third kappa shape index (κ3) is 6.95. The number of nitrogens with one attached hydrogen (secondary N) is 3. The predicted molar refractivity (Wildman–Crippen MR) is 184 cm³/mol. The number of nitrogens with zero attached hydrogens (tertiary/aromatic N) is 3. The molecule has 252 valence electrons. The third-order valence-electron chi connectivity index (χ3n) is 9.16. The van der Waals surface area contributed by atoms with Gasteiger partial charge in [0.05, 0.1) is 21.9 Å². The van der Waals surface area contributed by atoms with E-state index in [0.29, 0.717) is 55.4 Å². The van der Waals surface area contributed by atoms with Gasteiger partial charge in [0.1, 0.15) is 23.1 Å². The van der Waals surface area contributed by atoms with Gasteiger partial charge in [0.2, 0.25) is 0 Å². The van der Waals surface area contributed by atoms with Crippen LogP contribution in [0.2, 0.25) is 0 Å². The summed E-state index contributed by atoms with van der Waals surface area (Å²) < 4.78 is 11.7. The molecular formula is C36H42N6O5S. The third-order valence-corrected chi connectivity index (χ3v) is 10.5. The summed E-state index contributed by atoms with van der Waals surface area (Å²) in [6, 6.07) is 16.7. The van der Waals surface area contributed by atoms with Crippen molar-refractivity contribution < 1.29 is 23.9 Å². The van der Waals surface area contributed by atoms with Gasteiger partial charge in [-0.2, -0.15) is 5.26 Å². The van der Waals surface area contributed by atoms with Crippen LogP contribution < -0.4 is 25.6 Å². The number of nitriles is 1. The van der Waals surface area contributed by atoms with Crippen molar-refractivity contribution in [1.29, 1.82) is 5.26 Å². The zero-order chi connectivity index (χ0) is 34.0. The van der Waals surface area contributed by atoms with E-state index in [2.05, 4.69) is 16.0 Å². The highest BCUT2D eigenvalue weighted by Gasteiger charge is 2.52. The van der Waals surface area contributed by atoms with E-state index in [9.17, 15) is 19.6 Å². The second-order valence-electron chi connectivity index (χ2n) is 13.1. The maximum atomic E-state index is 13.8. The van der Waals surface area contributed by atoms with Crippen LogP contribution in [0.5, 0.6) is 11.5 Å². The molecule has 3 unspecified atom stereocenters. The van der Waals surface area contributed by atoms with Crippen LogP contribution >= 0.6 is 11.8 Å². The Morgan fingerprint density at radius 2 is 1.96 bits per heavy atom. The first-order chi connectivity index (χ1) is 23.1. The summed E-state index contributed by atoms with van der Waals surface area (Å²) in [6.07, 6.45) is 3.70. The normalized spacial score (nSPS) is 24.1. The van der Waals surface area contributed by atoms with Gasteiger partial charge in [0, 0.05) is 43.0 Å². The molecule has 2 aromatic rings. The van der Waals surface area contributed by atoms with Crippen molar-refractivity contribution in [3.8, 4) is 17.6 Å². The molecule has 4 amide bonds. The number of hydrogen-bond acceptors (Lipinski definition) is 8. The van der Waals surface area contributed by atoms with Crippen LogP contribution in [0.15, 0.2) is 70.8 Å². The van der Waals surface area contributed by atoms with Crippen LogP contribution in [0.4, 0.5) is 10.5 Å². The van der Waals surface area contributed by atoms with Crippen LogP contribution in [0.3, 0.4) is 0 Å². The minimum absolute atomic E-state index is 0.0287. The van der Waals surface area contributed by atoms with Gasteiger partial charge in [-0.1, -0.05) is 30.0 Å². The first-order valence-electron chi connectivity index (χ1n) is 16.5. The maximum absolute atomic E-state index is 13.8. The second-order valence-corrected chi connectivity index (χ2v) is 14.2. The Hall–Kier alpha value is -4.31. The van der Waals surface area contributed by atoms with E-state index < -0.39 is 5.60 Å². The van der Waals surface area contributed by atoms with E-state index >= 15 is 0 Å². The highest BCUT2D eigenvalue weighted by atomic mass is 32.2. The smallest absolute Gasteiger partial charge is 0.326 e. The van der Waals surface area contributed by atoms with Crippen molar-refractivity contribution in [1.82, 2.24) is 20.9 Å². The van der Waals surface area contributed by atoms with Crippen molar-refractivity contribution in [3.05, 3.63) is 76.3 Å². The summed E-state index contributed by atoms with van der Waals surface area (Å²) in [7, 11) is 0. The lowest BCUT2D eigenvalue weighted by Gasteiger charge is -2.46. The zero-order valence-electron chi connectivity index (χ0n) is 27.7. The first-order valence-corrected chi connectivity index (χ1v) is 17.4. The Morgan fingerprint density at radius 1 is 1.17 bits per heavy atom. The van der Waals surface area contributed by atoms with Crippen LogP contribution in [0.25, 0.3) is 0 Å². The molecule has 4 aliphatic rings. The molecule has 0 aliphatic carbocycles. The number of amides is 4. The summed E-state index contributed by atoms with van der Waals surface area (Å²) in [4.78, 5) is 44.8. The Morgan fingerprint density at radius 3 is 2.69 bits per heavy atom. The number of hydrogen-bond donors (Lipinski definition) is 3. The van der Waals surface area contributed by atoms with Gasteiger partial charge in [0.15, 0.2) is 0 Å². The SMILES string of the molecule is CCOC(C)(C)/C=C(\C#N)C(=O)N1CCC[C@@H](NC(=O)C2=C3NC(=O)N(c4ccc(Oc5ccccc5)cc4C)C4CCNC(S2)C34)C1. The molecule has 0 bridgehead atoms. The highest BCUT2D eigenvalue weighted by Crippen LogP contribution is 2.48. The summed E-state index contributed by atoms with van der Waals surface area (Å²) in [5.41, 5.74) is 1.65. The molecule has 3 N–H and O–H groups in total. The molecule has 0 radical (unpaired) electrons. The zero-order valence-corrected chi connectivity index (χ0v) is 28.6. The van der Waals surface area contributed by atoms with Crippen LogP contribution in [-0.4, -0.2) is 72.0 Å². The number of ether oxygens (including phenoxy) is 2. The number of likely N-dealkylation sites (tertiary alicyclic amines) is 1. The summed E-state index contributed by atoms with van der Waals surface area (Å²) >= 11 is 1.45. The van der Waals surface area contributed by atoms with Crippen LogP contribution in [-0.2, 0) is 14.3 Å². The lowest BCUT2D eigenvalue weighted by Crippen LogP contribution is -2.62. The molecule has 11 nitrogen and oxygen atoms in total. The number of para-hydroxylation sites is 1. The van der Waals surface area contributed by atoms with Crippen molar-refractivity contribution in [3.63, 3.8) is 0 Å². The van der Waals surface area contributed by atoms with Crippen molar-refractivity contribution in [2.75, 3.05) is 31.1 Å². The fourth-order valence-corrected chi connectivity index (χ4v) is 8.49. The predicted octanol–water partition coefficient (Wildman–Crippen LogP) is 4.95. The minimum Gasteiger partial charge on any atom is -0.457 e. The Labute approximate surface area is 285 Å². The minimum atomic E-state index is -0.756. The van der Waals surface area contributed by atoms with Gasteiger partial charge in [-0.3, -0.25) is 14.5 Å². The van der Waals surface area contributed by atoms with Gasteiger partial charge in [0.25, 0.3) is 11.8 Å². The van der Waals surface area contributed by atoms with E-state index in [1.54, 1.807) is 11.0 Å². The molecule has 0 spiro atoms. The summed E-state index contributed by atoms with van der Waals surface area (Å²) in [6.45, 7) is 9.43. The molecule has 3 fully saturated rings. The average Bonchev–Trinajstić information content (AvgIpc) is 3.44. The molecule has 3 saturated heterocycles. The van der Waals surface area contributed by atoms with E-state index in [1.165, 1.54) is 11.8 Å². The van der Waals surface area contributed by atoms with Crippen molar-refractivity contribution in [2.45, 2.75) is 70.0 Å². The second kappa shape index (κ2) is 14.0. The summed E-state index contributed by atoms with van der Waals surface area (Å²) in [5.74, 6) is 0.710. The van der Waals surface area contributed by atoms with Gasteiger partial charge in [-0.05, 0) is 95.5 Å². The lowest BCUT2D eigenvalue weighted by molar-refractivity contribution is -0.129. The van der Waals surface area contributed by atoms with E-state index in [4.69, 9.17) is 9.47 Å². The molecule has 6 rings (SSSR count). The molecule has 0 saturated carbocycles. The van der Waals surface area contributed by atoms with Crippen molar-refractivity contribution in [2.24, 2.45) is 5.92 Å². The van der Waals surface area contributed by atoms with Crippen LogP contribution in [0, 0.1) is 24.2 Å².